The second-order valence-electron chi connectivity index (χ2n) is 7.82. The summed E-state index contributed by atoms with van der Waals surface area (Å²) in [7, 11) is 0. The molecule has 0 bridgehead atoms. The molecule has 178 valence electrons. The van der Waals surface area contributed by atoms with Crippen molar-refractivity contribution in [1.82, 2.24) is 20.1 Å². The van der Waals surface area contributed by atoms with Gasteiger partial charge in [-0.1, -0.05) is 41.9 Å². The molecule has 0 fully saturated rings. The fourth-order valence-corrected chi connectivity index (χ4v) is 3.55. The van der Waals surface area contributed by atoms with Gasteiger partial charge in [-0.25, -0.2) is 9.67 Å². The molecule has 0 aliphatic carbocycles. The Morgan fingerprint density at radius 2 is 1.83 bits per heavy atom. The number of hydrogen-bond acceptors (Lipinski definition) is 6. The standard InChI is InChI=1S/C25H23ClN6O3/c1-15(14-33)28-25(35)21-13-23(32(31-21)17-6-3-2-4-7-17)30-24(34)18-12-16(10-11-19(18)26)20-8-5-9-22(27)29-20/h2-13,15,33H,14H2,1H3,(H2,27,29)(H,28,35)(H,30,34)/t15-/m0/s1. The van der Waals surface area contributed by atoms with Crippen LogP contribution in [-0.4, -0.2) is 44.3 Å². The molecule has 2 aromatic carbocycles. The summed E-state index contributed by atoms with van der Waals surface area (Å²) in [5, 5.41) is 19.3. The van der Waals surface area contributed by atoms with Crippen LogP contribution in [-0.2, 0) is 0 Å². The van der Waals surface area contributed by atoms with Crippen molar-refractivity contribution in [2.45, 2.75) is 13.0 Å². The van der Waals surface area contributed by atoms with Crippen molar-refractivity contribution in [3.8, 4) is 16.9 Å². The molecule has 0 saturated carbocycles. The van der Waals surface area contributed by atoms with Crippen LogP contribution in [0.3, 0.4) is 0 Å². The largest absolute Gasteiger partial charge is 0.394 e. The van der Waals surface area contributed by atoms with Gasteiger partial charge >= 0.3 is 0 Å². The molecule has 0 unspecified atom stereocenters. The highest BCUT2D eigenvalue weighted by atomic mass is 35.5. The van der Waals surface area contributed by atoms with Crippen LogP contribution in [0.1, 0.15) is 27.8 Å². The van der Waals surface area contributed by atoms with E-state index < -0.39 is 17.9 Å². The van der Waals surface area contributed by atoms with Gasteiger partial charge in [-0.15, -0.1) is 0 Å². The molecule has 0 aliphatic heterocycles. The molecule has 0 aliphatic rings. The first kappa shape index (κ1) is 23.9. The minimum atomic E-state index is -0.492. The first-order chi connectivity index (χ1) is 16.9. The average molecular weight is 491 g/mol. The van der Waals surface area contributed by atoms with Gasteiger partial charge in [0.1, 0.15) is 11.6 Å². The Kier molecular flexibility index (Phi) is 7.09. The number of pyridine rings is 1. The van der Waals surface area contributed by atoms with Gasteiger partial charge in [0.25, 0.3) is 11.8 Å². The number of amides is 2. The molecular formula is C25H23ClN6O3. The number of para-hydroxylation sites is 1. The maximum absolute atomic E-state index is 13.3. The second-order valence-corrected chi connectivity index (χ2v) is 8.22. The van der Waals surface area contributed by atoms with Crippen LogP contribution in [0.25, 0.3) is 16.9 Å². The van der Waals surface area contributed by atoms with Gasteiger partial charge in [0, 0.05) is 17.7 Å². The lowest BCUT2D eigenvalue weighted by Gasteiger charge is -2.11. The van der Waals surface area contributed by atoms with Gasteiger partial charge < -0.3 is 21.5 Å². The average Bonchev–Trinajstić information content (AvgIpc) is 3.28. The Bertz CT molecular complexity index is 1370. The summed E-state index contributed by atoms with van der Waals surface area (Å²) in [4.78, 5) is 30.1. The maximum Gasteiger partial charge on any atom is 0.272 e. The van der Waals surface area contributed by atoms with E-state index in [1.165, 1.54) is 10.7 Å². The number of carbonyl (C=O) groups is 2. The monoisotopic (exact) mass is 490 g/mol. The molecule has 5 N–H and O–H groups in total. The summed E-state index contributed by atoms with van der Waals surface area (Å²) in [6.07, 6.45) is 0. The highest BCUT2D eigenvalue weighted by molar-refractivity contribution is 6.34. The molecule has 4 rings (SSSR count). The van der Waals surface area contributed by atoms with E-state index in [4.69, 9.17) is 17.3 Å². The lowest BCUT2D eigenvalue weighted by molar-refractivity contribution is 0.0916. The Morgan fingerprint density at radius 1 is 1.06 bits per heavy atom. The molecule has 2 amide bonds. The van der Waals surface area contributed by atoms with Crippen LogP contribution < -0.4 is 16.4 Å². The van der Waals surface area contributed by atoms with Crippen molar-refractivity contribution in [2.24, 2.45) is 0 Å². The number of aromatic nitrogens is 3. The summed E-state index contributed by atoms with van der Waals surface area (Å²) in [6, 6.07) is 20.3. The zero-order chi connectivity index (χ0) is 24.9. The second kappa shape index (κ2) is 10.4. The highest BCUT2D eigenvalue weighted by Gasteiger charge is 2.20. The minimum Gasteiger partial charge on any atom is -0.394 e. The third-order valence-corrected chi connectivity index (χ3v) is 5.44. The number of nitrogens with zero attached hydrogens (tertiary/aromatic N) is 3. The molecule has 9 nitrogen and oxygen atoms in total. The first-order valence-electron chi connectivity index (χ1n) is 10.8. The van der Waals surface area contributed by atoms with E-state index in [9.17, 15) is 14.7 Å². The smallest absolute Gasteiger partial charge is 0.272 e. The molecule has 0 radical (unpaired) electrons. The lowest BCUT2D eigenvalue weighted by atomic mass is 10.1. The van der Waals surface area contributed by atoms with Crippen LogP contribution >= 0.6 is 11.6 Å². The predicted molar refractivity (Wildman–Crippen MR) is 135 cm³/mol. The van der Waals surface area contributed by atoms with Gasteiger partial charge in [-0.05, 0) is 43.3 Å². The Balaban J connectivity index is 1.68. The van der Waals surface area contributed by atoms with Crippen LogP contribution in [0.15, 0.2) is 72.8 Å². The van der Waals surface area contributed by atoms with Crippen LogP contribution in [0.4, 0.5) is 11.6 Å². The van der Waals surface area contributed by atoms with Crippen LogP contribution in [0.2, 0.25) is 5.02 Å². The van der Waals surface area contributed by atoms with E-state index in [0.29, 0.717) is 22.8 Å². The minimum absolute atomic E-state index is 0.0771. The molecule has 4 aromatic rings. The molecule has 2 heterocycles. The van der Waals surface area contributed by atoms with E-state index in [-0.39, 0.29) is 28.7 Å². The first-order valence-corrected chi connectivity index (χ1v) is 11.1. The van der Waals surface area contributed by atoms with Gasteiger partial charge in [0.05, 0.1) is 28.6 Å². The van der Waals surface area contributed by atoms with Crippen molar-refractivity contribution in [3.63, 3.8) is 0 Å². The zero-order valence-corrected chi connectivity index (χ0v) is 19.5. The Hall–Kier alpha value is -4.21. The number of anilines is 2. The Labute approximate surface area is 206 Å². The van der Waals surface area contributed by atoms with E-state index in [1.807, 2.05) is 18.2 Å². The van der Waals surface area contributed by atoms with E-state index >= 15 is 0 Å². The normalized spacial score (nSPS) is 11.6. The predicted octanol–water partition coefficient (Wildman–Crippen LogP) is 3.53. The summed E-state index contributed by atoms with van der Waals surface area (Å²) in [5.74, 6) is -0.346. The van der Waals surface area contributed by atoms with Crippen molar-refractivity contribution >= 4 is 35.1 Å². The van der Waals surface area contributed by atoms with E-state index in [2.05, 4.69) is 20.7 Å². The Morgan fingerprint density at radius 3 is 2.54 bits per heavy atom. The fraction of sp³-hybridized carbons (Fsp3) is 0.120. The SMILES string of the molecule is C[C@@H](CO)NC(=O)c1cc(NC(=O)c2cc(-c3cccc(N)n3)ccc2Cl)n(-c2ccccc2)n1. The maximum atomic E-state index is 13.3. The number of aliphatic hydroxyl groups excluding tert-OH is 1. The van der Waals surface area contributed by atoms with Crippen molar-refractivity contribution in [3.05, 3.63) is 89.1 Å². The zero-order valence-electron chi connectivity index (χ0n) is 18.8. The number of halogens is 1. The van der Waals surface area contributed by atoms with Gasteiger partial charge in [0.15, 0.2) is 5.69 Å². The van der Waals surface area contributed by atoms with Crippen LogP contribution in [0, 0.1) is 0 Å². The molecule has 0 spiro atoms. The number of carbonyl (C=O) groups excluding carboxylic acids is 2. The molecule has 10 heteroatoms. The summed E-state index contributed by atoms with van der Waals surface area (Å²) >= 11 is 6.35. The third kappa shape index (κ3) is 5.48. The number of rotatable bonds is 7. The fourth-order valence-electron chi connectivity index (χ4n) is 3.35. The number of nitrogen functional groups attached to an aromatic ring is 1. The molecule has 2 aromatic heterocycles. The van der Waals surface area contributed by atoms with Gasteiger partial charge in [-0.2, -0.15) is 5.10 Å². The molecule has 0 saturated heterocycles. The summed E-state index contributed by atoms with van der Waals surface area (Å²) < 4.78 is 1.45. The van der Waals surface area contributed by atoms with Crippen LogP contribution in [0.5, 0.6) is 0 Å². The molecule has 35 heavy (non-hydrogen) atoms. The number of nitrogens with two attached hydrogens (primary N) is 1. The quantitative estimate of drug-likeness (QED) is 0.313. The lowest BCUT2D eigenvalue weighted by Crippen LogP contribution is -2.35. The summed E-state index contributed by atoms with van der Waals surface area (Å²) in [6.45, 7) is 1.45. The molecule has 1 atom stereocenters. The topological polar surface area (TPSA) is 135 Å². The van der Waals surface area contributed by atoms with E-state index in [0.717, 1.165) is 0 Å². The number of nitrogens with one attached hydrogen (secondary N) is 2. The number of aliphatic hydroxyl groups is 1. The highest BCUT2D eigenvalue weighted by Crippen LogP contribution is 2.26. The van der Waals surface area contributed by atoms with E-state index in [1.54, 1.807) is 55.5 Å². The van der Waals surface area contributed by atoms with Crippen molar-refractivity contribution < 1.29 is 14.7 Å². The van der Waals surface area contributed by atoms with Crippen molar-refractivity contribution in [1.29, 1.82) is 0 Å². The van der Waals surface area contributed by atoms with Gasteiger partial charge in [-0.3, -0.25) is 9.59 Å². The number of hydrogen-bond donors (Lipinski definition) is 4. The summed E-state index contributed by atoms with van der Waals surface area (Å²) in [5.41, 5.74) is 7.99. The third-order valence-electron chi connectivity index (χ3n) is 5.11. The number of benzene rings is 2. The molecular weight excluding hydrogens is 468 g/mol. The van der Waals surface area contributed by atoms with Gasteiger partial charge in [0.2, 0.25) is 0 Å². The van der Waals surface area contributed by atoms with Crippen molar-refractivity contribution in [2.75, 3.05) is 17.7 Å².